The highest BCUT2D eigenvalue weighted by Crippen LogP contribution is 2.22. The zero-order chi connectivity index (χ0) is 18.6. The number of carbonyl (C=O) groups excluding carboxylic acids is 1. The Morgan fingerprint density at radius 1 is 0.963 bits per heavy atom. The quantitative estimate of drug-likeness (QED) is 0.758. The number of nitrogens with zero attached hydrogens (tertiary/aromatic N) is 3. The molecule has 1 saturated heterocycles. The molecule has 0 saturated carbocycles. The number of aromatic nitrogens is 2. The molecular formula is C21H19FN4O. The molecule has 5 nitrogen and oxygen atoms in total. The minimum absolute atomic E-state index is 0.294. The Bertz CT molecular complexity index is 952. The van der Waals surface area contributed by atoms with E-state index >= 15 is 0 Å². The van der Waals surface area contributed by atoms with E-state index in [4.69, 9.17) is 0 Å². The third kappa shape index (κ3) is 3.95. The van der Waals surface area contributed by atoms with Crippen molar-refractivity contribution < 1.29 is 9.18 Å². The van der Waals surface area contributed by atoms with E-state index in [1.165, 1.54) is 25.0 Å². The highest BCUT2D eigenvalue weighted by Gasteiger charge is 2.15. The van der Waals surface area contributed by atoms with Gasteiger partial charge < -0.3 is 10.2 Å². The van der Waals surface area contributed by atoms with E-state index in [1.807, 2.05) is 12.1 Å². The van der Waals surface area contributed by atoms with Crippen LogP contribution in [0, 0.1) is 5.82 Å². The molecule has 0 atom stereocenters. The zero-order valence-electron chi connectivity index (χ0n) is 14.7. The summed E-state index contributed by atoms with van der Waals surface area (Å²) in [6.45, 7) is 1.99. The molecule has 1 aliphatic rings. The molecular weight excluding hydrogens is 343 g/mol. The molecule has 1 aromatic heterocycles. The molecule has 1 aliphatic heterocycles. The Hall–Kier alpha value is -3.28. The zero-order valence-corrected chi connectivity index (χ0v) is 14.7. The number of hydrogen-bond acceptors (Lipinski definition) is 4. The van der Waals surface area contributed by atoms with Gasteiger partial charge in [0.15, 0.2) is 0 Å². The van der Waals surface area contributed by atoms with Gasteiger partial charge in [0.2, 0.25) is 5.95 Å². The van der Waals surface area contributed by atoms with E-state index in [9.17, 15) is 9.18 Å². The van der Waals surface area contributed by atoms with E-state index < -0.39 is 5.82 Å². The van der Waals surface area contributed by atoms with Gasteiger partial charge in [-0.15, -0.1) is 0 Å². The van der Waals surface area contributed by atoms with Gasteiger partial charge >= 0.3 is 0 Å². The molecule has 1 N–H and O–H groups in total. The molecule has 3 aromatic rings. The van der Waals surface area contributed by atoms with E-state index in [2.05, 4.69) is 20.2 Å². The summed E-state index contributed by atoms with van der Waals surface area (Å²) < 4.78 is 13.3. The maximum absolute atomic E-state index is 13.3. The van der Waals surface area contributed by atoms with Crippen LogP contribution in [0.15, 0.2) is 60.9 Å². The second-order valence-electron chi connectivity index (χ2n) is 6.51. The van der Waals surface area contributed by atoms with Crippen LogP contribution in [0.5, 0.6) is 0 Å². The Morgan fingerprint density at radius 3 is 2.44 bits per heavy atom. The number of hydrogen-bond donors (Lipinski definition) is 1. The lowest BCUT2D eigenvalue weighted by Gasteiger charge is -2.14. The third-order valence-electron chi connectivity index (χ3n) is 4.57. The number of nitrogens with one attached hydrogen (secondary N) is 1. The summed E-state index contributed by atoms with van der Waals surface area (Å²) in [5.74, 6) is 0.0603. The predicted octanol–water partition coefficient (Wildman–Crippen LogP) is 4.14. The van der Waals surface area contributed by atoms with Crippen molar-refractivity contribution in [1.29, 1.82) is 0 Å². The van der Waals surface area contributed by atoms with Crippen molar-refractivity contribution in [2.75, 3.05) is 23.3 Å². The Balaban J connectivity index is 1.52. The molecule has 2 aromatic carbocycles. The Labute approximate surface area is 156 Å². The monoisotopic (exact) mass is 362 g/mol. The lowest BCUT2D eigenvalue weighted by atomic mass is 10.1. The third-order valence-corrected chi connectivity index (χ3v) is 4.57. The van der Waals surface area contributed by atoms with Gasteiger partial charge in [-0.1, -0.05) is 18.2 Å². The molecule has 4 rings (SSSR count). The van der Waals surface area contributed by atoms with Crippen molar-refractivity contribution in [3.63, 3.8) is 0 Å². The van der Waals surface area contributed by atoms with Crippen molar-refractivity contribution in [2.24, 2.45) is 0 Å². The highest BCUT2D eigenvalue weighted by atomic mass is 19.1. The number of rotatable bonds is 4. The normalized spacial score (nSPS) is 13.6. The Kier molecular flexibility index (Phi) is 4.78. The van der Waals surface area contributed by atoms with Gasteiger partial charge in [-0.25, -0.2) is 14.4 Å². The van der Waals surface area contributed by atoms with Crippen molar-refractivity contribution in [2.45, 2.75) is 12.8 Å². The van der Waals surface area contributed by atoms with Crippen LogP contribution in [-0.4, -0.2) is 29.0 Å². The van der Waals surface area contributed by atoms with Crippen molar-refractivity contribution in [3.05, 3.63) is 72.3 Å². The first-order chi connectivity index (χ1) is 13.2. The van der Waals surface area contributed by atoms with Crippen LogP contribution in [0.2, 0.25) is 0 Å². The van der Waals surface area contributed by atoms with Crippen LogP contribution in [-0.2, 0) is 0 Å². The molecule has 1 fully saturated rings. The number of amides is 1. The van der Waals surface area contributed by atoms with Crippen LogP contribution < -0.4 is 10.2 Å². The van der Waals surface area contributed by atoms with Gasteiger partial charge in [0, 0.05) is 42.3 Å². The molecule has 2 heterocycles. The predicted molar refractivity (Wildman–Crippen MR) is 103 cm³/mol. The van der Waals surface area contributed by atoms with Crippen molar-refractivity contribution >= 4 is 17.5 Å². The molecule has 0 radical (unpaired) electrons. The molecule has 0 spiro atoms. The van der Waals surface area contributed by atoms with Crippen LogP contribution in [0.1, 0.15) is 23.2 Å². The van der Waals surface area contributed by atoms with Crippen LogP contribution in [0.3, 0.4) is 0 Å². The number of anilines is 2. The molecule has 0 aliphatic carbocycles. The molecule has 136 valence electrons. The van der Waals surface area contributed by atoms with Gasteiger partial charge in [-0.3, -0.25) is 4.79 Å². The van der Waals surface area contributed by atoms with Crippen LogP contribution in [0.25, 0.3) is 11.1 Å². The lowest BCUT2D eigenvalue weighted by molar-refractivity contribution is 0.102. The van der Waals surface area contributed by atoms with Crippen LogP contribution in [0.4, 0.5) is 16.0 Å². The fraction of sp³-hybridized carbons (Fsp3) is 0.190. The van der Waals surface area contributed by atoms with E-state index in [0.717, 1.165) is 30.2 Å². The average Bonchev–Trinajstić information content (AvgIpc) is 3.23. The molecule has 27 heavy (non-hydrogen) atoms. The second-order valence-corrected chi connectivity index (χ2v) is 6.51. The summed E-state index contributed by atoms with van der Waals surface area (Å²) in [4.78, 5) is 23.6. The van der Waals surface area contributed by atoms with Gasteiger partial charge in [0.25, 0.3) is 5.91 Å². The fourth-order valence-corrected chi connectivity index (χ4v) is 3.16. The first-order valence-corrected chi connectivity index (χ1v) is 8.93. The summed E-state index contributed by atoms with van der Waals surface area (Å²) >= 11 is 0. The number of carbonyl (C=O) groups is 1. The summed E-state index contributed by atoms with van der Waals surface area (Å²) in [5, 5.41) is 2.71. The fourth-order valence-electron chi connectivity index (χ4n) is 3.16. The largest absolute Gasteiger partial charge is 0.341 e. The highest BCUT2D eigenvalue weighted by molar-refractivity contribution is 6.04. The minimum atomic E-state index is -0.392. The number of halogens is 1. The first-order valence-electron chi connectivity index (χ1n) is 8.93. The minimum Gasteiger partial charge on any atom is -0.341 e. The van der Waals surface area contributed by atoms with Crippen molar-refractivity contribution in [3.8, 4) is 11.1 Å². The van der Waals surface area contributed by atoms with Gasteiger partial charge in [-0.2, -0.15) is 0 Å². The van der Waals surface area contributed by atoms with Crippen molar-refractivity contribution in [1.82, 2.24) is 9.97 Å². The topological polar surface area (TPSA) is 58.1 Å². The molecule has 0 bridgehead atoms. The van der Waals surface area contributed by atoms with E-state index in [-0.39, 0.29) is 5.91 Å². The second kappa shape index (κ2) is 7.53. The maximum Gasteiger partial charge on any atom is 0.255 e. The lowest BCUT2D eigenvalue weighted by Crippen LogP contribution is -2.20. The van der Waals surface area contributed by atoms with Gasteiger partial charge in [0.1, 0.15) is 5.82 Å². The van der Waals surface area contributed by atoms with E-state index in [1.54, 1.807) is 36.7 Å². The summed E-state index contributed by atoms with van der Waals surface area (Å²) in [5.41, 5.74) is 2.61. The summed E-state index contributed by atoms with van der Waals surface area (Å²) in [6, 6.07) is 13.0. The average molecular weight is 362 g/mol. The number of benzene rings is 2. The van der Waals surface area contributed by atoms with Crippen LogP contribution >= 0.6 is 0 Å². The van der Waals surface area contributed by atoms with E-state index in [0.29, 0.717) is 11.3 Å². The molecule has 6 heteroatoms. The van der Waals surface area contributed by atoms with Gasteiger partial charge in [-0.05, 0) is 48.7 Å². The first kappa shape index (κ1) is 17.1. The summed E-state index contributed by atoms with van der Waals surface area (Å²) in [6.07, 6.45) is 5.91. The van der Waals surface area contributed by atoms with Gasteiger partial charge in [0.05, 0.1) is 0 Å². The standard InChI is InChI=1S/C21H19FN4O/c22-18-7-4-8-19(12-18)25-20(27)16-6-3-5-15(11-16)17-13-23-21(24-14-17)26-9-1-2-10-26/h3-8,11-14H,1-2,9-10H2,(H,25,27). The Morgan fingerprint density at radius 2 is 1.70 bits per heavy atom. The molecule has 1 amide bonds. The molecule has 0 unspecified atom stereocenters. The smallest absolute Gasteiger partial charge is 0.255 e. The SMILES string of the molecule is O=C(Nc1cccc(F)c1)c1cccc(-c2cnc(N3CCCC3)nc2)c1. The maximum atomic E-state index is 13.3. The summed E-state index contributed by atoms with van der Waals surface area (Å²) in [7, 11) is 0.